The number of nitrogens with zero attached hydrogens (tertiary/aromatic N) is 1. The predicted octanol–water partition coefficient (Wildman–Crippen LogP) is 1.49. The lowest BCUT2D eigenvalue weighted by molar-refractivity contribution is 0.177. The van der Waals surface area contributed by atoms with Crippen LogP contribution in [-0.4, -0.2) is 13.2 Å². The fourth-order valence-corrected chi connectivity index (χ4v) is 0.390. The Bertz CT molecular complexity index is 113. The molecule has 0 heterocycles. The molecule has 0 spiro atoms. The molecule has 0 saturated heterocycles. The van der Waals surface area contributed by atoms with Gasteiger partial charge in [-0.2, -0.15) is 5.26 Å². The summed E-state index contributed by atoms with van der Waals surface area (Å²) in [6.07, 6.45) is 4.13. The van der Waals surface area contributed by atoms with Gasteiger partial charge in [0.05, 0.1) is 19.1 Å². The molecule has 0 fully saturated rings. The van der Waals surface area contributed by atoms with E-state index in [1.807, 2.05) is 19.1 Å². The van der Waals surface area contributed by atoms with Gasteiger partial charge in [0.25, 0.3) is 0 Å². The fourth-order valence-electron chi connectivity index (χ4n) is 0.390. The molecule has 0 radical (unpaired) electrons. The molecule has 0 aliphatic carbocycles. The third kappa shape index (κ3) is 7.19. The molecule has 0 aromatic carbocycles. The molecule has 2 nitrogen and oxygen atoms in total. The second-order valence-corrected chi connectivity index (χ2v) is 1.49. The minimum Gasteiger partial charge on any atom is -0.378 e. The zero-order chi connectivity index (χ0) is 6.95. The van der Waals surface area contributed by atoms with Gasteiger partial charge in [-0.15, -0.1) is 0 Å². The Hall–Kier alpha value is -0.810. The van der Waals surface area contributed by atoms with Gasteiger partial charge in [0.15, 0.2) is 0 Å². The number of hydrogen-bond acceptors (Lipinski definition) is 2. The minimum absolute atomic E-state index is 0.479. The number of ether oxygens (including phenoxy) is 1. The summed E-state index contributed by atoms with van der Waals surface area (Å²) in [6.45, 7) is 3.30. The normalized spacial score (nSPS) is 9.78. The van der Waals surface area contributed by atoms with Crippen LogP contribution in [0, 0.1) is 11.3 Å². The Morgan fingerprint density at radius 1 is 1.56 bits per heavy atom. The topological polar surface area (TPSA) is 33.0 Å². The van der Waals surface area contributed by atoms with Gasteiger partial charge in [0, 0.05) is 6.61 Å². The lowest BCUT2D eigenvalue weighted by atomic mass is 10.4. The van der Waals surface area contributed by atoms with Gasteiger partial charge in [-0.1, -0.05) is 12.2 Å². The molecule has 9 heavy (non-hydrogen) atoms. The van der Waals surface area contributed by atoms with Crippen LogP contribution in [0.25, 0.3) is 0 Å². The second kappa shape index (κ2) is 7.19. The highest BCUT2D eigenvalue weighted by Gasteiger charge is 1.74. The number of allylic oxidation sites excluding steroid dienone is 1. The molecule has 0 saturated carbocycles. The van der Waals surface area contributed by atoms with Gasteiger partial charge in [-0.3, -0.25) is 0 Å². The van der Waals surface area contributed by atoms with E-state index in [1.54, 1.807) is 6.08 Å². The quantitative estimate of drug-likeness (QED) is 0.421. The lowest BCUT2D eigenvalue weighted by Gasteiger charge is -1.90. The van der Waals surface area contributed by atoms with Crippen molar-refractivity contribution in [3.63, 3.8) is 0 Å². The monoisotopic (exact) mass is 125 g/mol. The van der Waals surface area contributed by atoms with Crippen molar-refractivity contribution in [1.29, 1.82) is 5.26 Å². The van der Waals surface area contributed by atoms with Gasteiger partial charge in [-0.25, -0.2) is 0 Å². The molecule has 0 aliphatic rings. The Morgan fingerprint density at radius 3 is 2.89 bits per heavy atom. The van der Waals surface area contributed by atoms with E-state index in [0.717, 1.165) is 6.61 Å². The van der Waals surface area contributed by atoms with Crippen molar-refractivity contribution in [3.8, 4) is 6.07 Å². The van der Waals surface area contributed by atoms with Gasteiger partial charge >= 0.3 is 0 Å². The van der Waals surface area contributed by atoms with E-state index in [2.05, 4.69) is 0 Å². The first-order valence-electron chi connectivity index (χ1n) is 3.01. The zero-order valence-electron chi connectivity index (χ0n) is 5.63. The molecule has 0 atom stereocenters. The van der Waals surface area contributed by atoms with Crippen LogP contribution in [0.2, 0.25) is 0 Å². The Balaban J connectivity index is 2.97. The van der Waals surface area contributed by atoms with E-state index in [-0.39, 0.29) is 0 Å². The van der Waals surface area contributed by atoms with Crippen molar-refractivity contribution in [1.82, 2.24) is 0 Å². The first-order chi connectivity index (χ1) is 4.41. The van der Waals surface area contributed by atoms with Gasteiger partial charge in [0.1, 0.15) is 0 Å². The number of nitriles is 1. The third-order valence-corrected chi connectivity index (χ3v) is 0.794. The summed E-state index contributed by atoms with van der Waals surface area (Å²) in [6, 6.07) is 2.00. The molecular weight excluding hydrogens is 114 g/mol. The van der Waals surface area contributed by atoms with E-state index in [0.29, 0.717) is 13.0 Å². The van der Waals surface area contributed by atoms with Crippen LogP contribution in [0.15, 0.2) is 12.2 Å². The second-order valence-electron chi connectivity index (χ2n) is 1.49. The number of rotatable bonds is 4. The van der Waals surface area contributed by atoms with E-state index in [4.69, 9.17) is 10.00 Å². The average molecular weight is 125 g/mol. The van der Waals surface area contributed by atoms with Gasteiger partial charge in [0.2, 0.25) is 0 Å². The molecular formula is C7H11NO. The maximum Gasteiger partial charge on any atom is 0.0663 e. The Morgan fingerprint density at radius 2 is 2.33 bits per heavy atom. The van der Waals surface area contributed by atoms with E-state index < -0.39 is 0 Å². The minimum atomic E-state index is 0.479. The van der Waals surface area contributed by atoms with Crippen molar-refractivity contribution in [3.05, 3.63) is 12.2 Å². The van der Waals surface area contributed by atoms with Gasteiger partial charge in [-0.05, 0) is 6.92 Å². The summed E-state index contributed by atoms with van der Waals surface area (Å²) in [5.41, 5.74) is 0. The third-order valence-electron chi connectivity index (χ3n) is 0.794. The first kappa shape index (κ1) is 8.19. The molecule has 2 heteroatoms. The highest BCUT2D eigenvalue weighted by molar-refractivity contribution is 4.90. The first-order valence-corrected chi connectivity index (χ1v) is 3.01. The molecule has 0 bridgehead atoms. The molecule has 0 amide bonds. The molecule has 0 unspecified atom stereocenters. The lowest BCUT2D eigenvalue weighted by Crippen LogP contribution is -1.87. The summed E-state index contributed by atoms with van der Waals surface area (Å²) in [5, 5.41) is 8.08. The van der Waals surface area contributed by atoms with Crippen LogP contribution in [0.5, 0.6) is 0 Å². The van der Waals surface area contributed by atoms with Crippen LogP contribution in [-0.2, 0) is 4.74 Å². The van der Waals surface area contributed by atoms with Crippen molar-refractivity contribution in [2.24, 2.45) is 0 Å². The van der Waals surface area contributed by atoms with E-state index >= 15 is 0 Å². The fraction of sp³-hybridized carbons (Fsp3) is 0.571. The predicted molar refractivity (Wildman–Crippen MR) is 35.9 cm³/mol. The van der Waals surface area contributed by atoms with Crippen LogP contribution in [0.3, 0.4) is 0 Å². The summed E-state index contributed by atoms with van der Waals surface area (Å²) < 4.78 is 4.98. The van der Waals surface area contributed by atoms with Crippen LogP contribution >= 0.6 is 0 Å². The highest BCUT2D eigenvalue weighted by Crippen LogP contribution is 1.80. The van der Waals surface area contributed by atoms with Crippen LogP contribution < -0.4 is 0 Å². The molecule has 50 valence electrons. The van der Waals surface area contributed by atoms with Crippen molar-refractivity contribution in [2.45, 2.75) is 13.3 Å². The largest absolute Gasteiger partial charge is 0.378 e. The summed E-state index contributed by atoms with van der Waals surface area (Å²) in [7, 11) is 0. The van der Waals surface area contributed by atoms with E-state index in [1.165, 1.54) is 0 Å². The molecule has 0 aromatic rings. The van der Waals surface area contributed by atoms with Crippen molar-refractivity contribution >= 4 is 0 Å². The summed E-state index contributed by atoms with van der Waals surface area (Å²) in [4.78, 5) is 0. The Labute approximate surface area is 55.7 Å². The SMILES string of the molecule is CCOCC=CCC#N. The maximum absolute atomic E-state index is 8.08. The summed E-state index contributed by atoms with van der Waals surface area (Å²) in [5.74, 6) is 0. The molecule has 0 rings (SSSR count). The van der Waals surface area contributed by atoms with Crippen molar-refractivity contribution in [2.75, 3.05) is 13.2 Å². The van der Waals surface area contributed by atoms with Crippen molar-refractivity contribution < 1.29 is 4.74 Å². The Kier molecular flexibility index (Phi) is 6.54. The van der Waals surface area contributed by atoms with Gasteiger partial charge < -0.3 is 4.74 Å². The van der Waals surface area contributed by atoms with Crippen LogP contribution in [0.4, 0.5) is 0 Å². The summed E-state index contributed by atoms with van der Waals surface area (Å²) >= 11 is 0. The van der Waals surface area contributed by atoms with E-state index in [9.17, 15) is 0 Å². The molecule has 0 N–H and O–H groups in total. The van der Waals surface area contributed by atoms with Crippen LogP contribution in [0.1, 0.15) is 13.3 Å². The standard InChI is InChI=1S/C7H11NO/c1-2-9-7-5-3-4-6-8/h3,5H,2,4,7H2,1H3. The smallest absolute Gasteiger partial charge is 0.0663 e. The molecule has 0 aliphatic heterocycles. The number of hydrogen-bond donors (Lipinski definition) is 0. The zero-order valence-corrected chi connectivity index (χ0v) is 5.63. The highest BCUT2D eigenvalue weighted by atomic mass is 16.5. The maximum atomic E-state index is 8.08. The average Bonchev–Trinajstić information content (AvgIpc) is 1.89. The molecule has 0 aromatic heterocycles.